The molecule has 2 aromatic carbocycles. The molecule has 0 unspecified atom stereocenters. The summed E-state index contributed by atoms with van der Waals surface area (Å²) in [5.41, 5.74) is 8.66. The van der Waals surface area contributed by atoms with Crippen LogP contribution in [0.4, 0.5) is 0 Å². The van der Waals surface area contributed by atoms with Crippen LogP contribution in [0.5, 0.6) is 0 Å². The molecule has 2 N–H and O–H groups in total. The third-order valence-electron chi connectivity index (χ3n) is 4.15. The van der Waals surface area contributed by atoms with Gasteiger partial charge in [0.15, 0.2) is 5.17 Å². The number of nitrogens with zero attached hydrogens (tertiary/aromatic N) is 1. The molecule has 2 nitrogen and oxygen atoms in total. The van der Waals surface area contributed by atoms with Crippen molar-refractivity contribution in [2.24, 2.45) is 10.7 Å². The fourth-order valence-electron chi connectivity index (χ4n) is 2.96. The lowest BCUT2D eigenvalue weighted by molar-refractivity contribution is 0.708. The Morgan fingerprint density at radius 3 is 2.26 bits per heavy atom. The Bertz CT molecular complexity index is 649. The number of halogens is 1. The lowest BCUT2D eigenvalue weighted by atomic mass is 10.0. The van der Waals surface area contributed by atoms with Crippen LogP contribution in [-0.2, 0) is 0 Å². The minimum Gasteiger partial charge on any atom is -0.379 e. The number of hydrogen-bond acceptors (Lipinski definition) is 2. The molecule has 0 aliphatic heterocycles. The first kappa shape index (κ1) is 16.4. The lowest BCUT2D eigenvalue weighted by Crippen LogP contribution is -2.14. The molecule has 0 saturated heterocycles. The van der Waals surface area contributed by atoms with Gasteiger partial charge in [-0.1, -0.05) is 78.7 Å². The van der Waals surface area contributed by atoms with Crippen LogP contribution in [-0.4, -0.2) is 11.2 Å². The summed E-state index contributed by atoms with van der Waals surface area (Å²) in [4.78, 5) is 4.72. The molecule has 0 bridgehead atoms. The van der Waals surface area contributed by atoms with Crippen LogP contribution >= 0.6 is 23.4 Å². The standard InChI is InChI=1S/C19H21ClN2S/c20-16-12-10-15(11-13-16)18(14-6-2-1-3-7-14)23-19(21)22-17-8-4-5-9-17/h1-3,6-7,10-13,17-18H,4-5,8-9H2,(H2,21,22)/t18-/m0/s1. The second-order valence-corrected chi connectivity index (χ2v) is 7.43. The summed E-state index contributed by atoms with van der Waals surface area (Å²) in [6.07, 6.45) is 4.87. The molecule has 2 aromatic rings. The maximum absolute atomic E-state index is 6.25. The highest BCUT2D eigenvalue weighted by Gasteiger charge is 2.19. The summed E-state index contributed by atoms with van der Waals surface area (Å²) in [5.74, 6) is 0. The highest BCUT2D eigenvalue weighted by Crippen LogP contribution is 2.36. The smallest absolute Gasteiger partial charge is 0.155 e. The van der Waals surface area contributed by atoms with E-state index in [2.05, 4.69) is 36.4 Å². The normalized spacial score (nSPS) is 17.3. The molecule has 1 aliphatic carbocycles. The van der Waals surface area contributed by atoms with Crippen LogP contribution in [0.1, 0.15) is 42.1 Å². The number of aliphatic imine (C=N–C) groups is 1. The van der Waals surface area contributed by atoms with Crippen molar-refractivity contribution in [3.8, 4) is 0 Å². The van der Waals surface area contributed by atoms with Crippen molar-refractivity contribution < 1.29 is 0 Å². The van der Waals surface area contributed by atoms with Gasteiger partial charge in [0, 0.05) is 5.02 Å². The number of rotatable bonds is 4. The summed E-state index contributed by atoms with van der Waals surface area (Å²) >= 11 is 7.65. The van der Waals surface area contributed by atoms with E-state index >= 15 is 0 Å². The topological polar surface area (TPSA) is 38.4 Å². The van der Waals surface area contributed by atoms with E-state index in [0.29, 0.717) is 11.2 Å². The largest absolute Gasteiger partial charge is 0.379 e. The zero-order chi connectivity index (χ0) is 16.1. The number of benzene rings is 2. The third kappa shape index (κ3) is 4.52. The van der Waals surface area contributed by atoms with Gasteiger partial charge in [0.1, 0.15) is 0 Å². The Morgan fingerprint density at radius 1 is 1.00 bits per heavy atom. The monoisotopic (exact) mass is 344 g/mol. The lowest BCUT2D eigenvalue weighted by Gasteiger charge is -2.18. The molecule has 0 amide bonds. The average Bonchev–Trinajstić information content (AvgIpc) is 3.07. The van der Waals surface area contributed by atoms with Gasteiger partial charge in [-0.05, 0) is 36.1 Å². The van der Waals surface area contributed by atoms with Gasteiger partial charge in [0.2, 0.25) is 0 Å². The van der Waals surface area contributed by atoms with Gasteiger partial charge >= 0.3 is 0 Å². The van der Waals surface area contributed by atoms with Gasteiger partial charge < -0.3 is 5.73 Å². The molecule has 1 saturated carbocycles. The molecular weight excluding hydrogens is 324 g/mol. The van der Waals surface area contributed by atoms with Crippen LogP contribution in [0.3, 0.4) is 0 Å². The first-order valence-electron chi connectivity index (χ1n) is 8.03. The highest BCUT2D eigenvalue weighted by atomic mass is 35.5. The summed E-state index contributed by atoms with van der Waals surface area (Å²) in [5, 5.41) is 1.57. The Morgan fingerprint density at radius 2 is 1.61 bits per heavy atom. The molecule has 0 radical (unpaired) electrons. The maximum atomic E-state index is 6.25. The number of amidine groups is 1. The van der Waals surface area contributed by atoms with Gasteiger partial charge in [-0.3, -0.25) is 4.99 Å². The van der Waals surface area contributed by atoms with Gasteiger partial charge in [0.25, 0.3) is 0 Å². The van der Waals surface area contributed by atoms with E-state index in [1.807, 2.05) is 18.2 Å². The zero-order valence-electron chi connectivity index (χ0n) is 13.0. The average molecular weight is 345 g/mol. The zero-order valence-corrected chi connectivity index (χ0v) is 14.6. The van der Waals surface area contributed by atoms with Gasteiger partial charge in [-0.2, -0.15) is 0 Å². The van der Waals surface area contributed by atoms with E-state index in [1.165, 1.54) is 24.0 Å². The van der Waals surface area contributed by atoms with Crippen LogP contribution in [0, 0.1) is 0 Å². The molecule has 1 atom stereocenters. The molecule has 0 aromatic heterocycles. The first-order valence-corrected chi connectivity index (χ1v) is 9.28. The Kier molecular flexibility index (Phi) is 5.63. The van der Waals surface area contributed by atoms with Crippen LogP contribution in [0.25, 0.3) is 0 Å². The van der Waals surface area contributed by atoms with Crippen molar-refractivity contribution in [3.63, 3.8) is 0 Å². The van der Waals surface area contributed by atoms with E-state index in [-0.39, 0.29) is 5.25 Å². The van der Waals surface area contributed by atoms with Crippen molar-refractivity contribution in [2.45, 2.75) is 37.0 Å². The second-order valence-electron chi connectivity index (χ2n) is 5.87. The summed E-state index contributed by atoms with van der Waals surface area (Å²) < 4.78 is 0. The Labute approximate surface area is 147 Å². The van der Waals surface area contributed by atoms with Crippen LogP contribution in [0.2, 0.25) is 5.02 Å². The fraction of sp³-hybridized carbons (Fsp3) is 0.316. The van der Waals surface area contributed by atoms with Crippen molar-refractivity contribution in [2.75, 3.05) is 0 Å². The molecule has 0 spiro atoms. The first-order chi connectivity index (χ1) is 11.2. The van der Waals surface area contributed by atoms with E-state index in [9.17, 15) is 0 Å². The van der Waals surface area contributed by atoms with E-state index in [1.54, 1.807) is 11.8 Å². The third-order valence-corrected chi connectivity index (χ3v) is 5.53. The number of thioether (sulfide) groups is 1. The summed E-state index contributed by atoms with van der Waals surface area (Å²) in [7, 11) is 0. The Hall–Kier alpha value is -1.45. The van der Waals surface area contributed by atoms with Gasteiger partial charge in [-0.25, -0.2) is 0 Å². The highest BCUT2D eigenvalue weighted by molar-refractivity contribution is 8.14. The van der Waals surface area contributed by atoms with Gasteiger partial charge in [0.05, 0.1) is 11.3 Å². The second kappa shape index (κ2) is 7.89. The number of hydrogen-bond donors (Lipinski definition) is 1. The van der Waals surface area contributed by atoms with Crippen molar-refractivity contribution in [1.29, 1.82) is 0 Å². The molecule has 23 heavy (non-hydrogen) atoms. The predicted molar refractivity (Wildman–Crippen MR) is 101 cm³/mol. The summed E-state index contributed by atoms with van der Waals surface area (Å²) in [6, 6.07) is 18.8. The molecule has 3 rings (SSSR count). The molecule has 1 fully saturated rings. The SMILES string of the molecule is NC(=NC1CCCC1)S[C@@H](c1ccccc1)c1ccc(Cl)cc1. The minimum atomic E-state index is 0.138. The summed E-state index contributed by atoms with van der Waals surface area (Å²) in [6.45, 7) is 0. The van der Waals surface area contributed by atoms with Crippen molar-refractivity contribution in [1.82, 2.24) is 0 Å². The van der Waals surface area contributed by atoms with Crippen molar-refractivity contribution >= 4 is 28.5 Å². The predicted octanol–water partition coefficient (Wildman–Crippen LogP) is 5.42. The quantitative estimate of drug-likeness (QED) is 0.594. The van der Waals surface area contributed by atoms with Gasteiger partial charge in [-0.15, -0.1) is 0 Å². The van der Waals surface area contributed by atoms with E-state index in [0.717, 1.165) is 17.9 Å². The molecular formula is C19H21ClN2S. The van der Waals surface area contributed by atoms with Crippen LogP contribution < -0.4 is 5.73 Å². The molecule has 4 heteroatoms. The Balaban J connectivity index is 1.84. The van der Waals surface area contributed by atoms with E-state index in [4.69, 9.17) is 22.3 Å². The maximum Gasteiger partial charge on any atom is 0.155 e. The van der Waals surface area contributed by atoms with E-state index < -0.39 is 0 Å². The minimum absolute atomic E-state index is 0.138. The molecule has 0 heterocycles. The molecule has 1 aliphatic rings. The van der Waals surface area contributed by atoms with Crippen molar-refractivity contribution in [3.05, 3.63) is 70.7 Å². The van der Waals surface area contributed by atoms with Crippen LogP contribution in [0.15, 0.2) is 59.6 Å². The number of nitrogens with two attached hydrogens (primary N) is 1. The fourth-order valence-corrected chi connectivity index (χ4v) is 4.12. The molecule has 120 valence electrons.